The van der Waals surface area contributed by atoms with Gasteiger partial charge in [0.05, 0.1) is 31.2 Å². The third-order valence-electron chi connectivity index (χ3n) is 3.59. The molecule has 1 saturated heterocycles. The largest absolute Gasteiger partial charge is 0.433 e. The summed E-state index contributed by atoms with van der Waals surface area (Å²) in [5.41, 5.74) is -1.15. The van der Waals surface area contributed by atoms with Crippen molar-refractivity contribution >= 4 is 17.5 Å². The number of alkyl halides is 3. The molecule has 11 heteroatoms. The number of β-amino-alcohol motifs (C(OH)–C–C–N with tert-alkyl or cyclic N) is 1. The highest BCUT2D eigenvalue weighted by Gasteiger charge is 2.32. The van der Waals surface area contributed by atoms with Crippen LogP contribution < -0.4 is 10.6 Å². The highest BCUT2D eigenvalue weighted by atomic mass is 19.4. The van der Waals surface area contributed by atoms with Crippen LogP contribution in [0.15, 0.2) is 18.3 Å². The van der Waals surface area contributed by atoms with Gasteiger partial charge < -0.3 is 20.5 Å². The van der Waals surface area contributed by atoms with Gasteiger partial charge in [-0.05, 0) is 12.1 Å². The first-order chi connectivity index (χ1) is 12.3. The molecule has 1 aliphatic rings. The number of nitrogens with zero attached hydrogens (tertiary/aromatic N) is 2. The molecule has 1 fully saturated rings. The highest BCUT2D eigenvalue weighted by Crippen LogP contribution is 2.27. The summed E-state index contributed by atoms with van der Waals surface area (Å²) in [7, 11) is 0. The molecule has 0 unspecified atom stereocenters. The molecule has 2 amide bonds. The van der Waals surface area contributed by atoms with E-state index in [0.717, 1.165) is 12.3 Å². The fourth-order valence-corrected chi connectivity index (χ4v) is 2.26. The van der Waals surface area contributed by atoms with Crippen LogP contribution in [0, 0.1) is 0 Å². The number of aliphatic hydroxyl groups is 1. The minimum absolute atomic E-state index is 0.0491. The number of ether oxygens (including phenoxy) is 1. The number of pyridine rings is 1. The van der Waals surface area contributed by atoms with Crippen molar-refractivity contribution in [2.75, 3.05) is 44.7 Å². The Morgan fingerprint density at radius 2 is 1.96 bits per heavy atom. The SMILES string of the molecule is O=C(NC[C@H](O)CN1CCOCC1)C(=O)Nc1ccc(C(F)(F)F)nc1. The Labute approximate surface area is 147 Å². The summed E-state index contributed by atoms with van der Waals surface area (Å²) in [5.74, 6) is -2.07. The Hall–Kier alpha value is -2.24. The number of morpholine rings is 1. The van der Waals surface area contributed by atoms with Crippen molar-refractivity contribution in [2.45, 2.75) is 12.3 Å². The quantitative estimate of drug-likeness (QED) is 0.618. The number of anilines is 1. The van der Waals surface area contributed by atoms with Crippen LogP contribution in [0.25, 0.3) is 0 Å². The van der Waals surface area contributed by atoms with Gasteiger partial charge in [0.2, 0.25) is 0 Å². The third-order valence-corrected chi connectivity index (χ3v) is 3.59. The molecule has 0 spiro atoms. The van der Waals surface area contributed by atoms with Gasteiger partial charge in [0.1, 0.15) is 5.69 Å². The van der Waals surface area contributed by atoms with Crippen molar-refractivity contribution < 1.29 is 32.6 Å². The molecule has 144 valence electrons. The second kappa shape index (κ2) is 8.92. The van der Waals surface area contributed by atoms with E-state index in [2.05, 4.69) is 15.6 Å². The molecule has 26 heavy (non-hydrogen) atoms. The van der Waals surface area contributed by atoms with Crippen molar-refractivity contribution in [1.82, 2.24) is 15.2 Å². The number of aliphatic hydroxyl groups excluding tert-OH is 1. The Kier molecular flexibility index (Phi) is 6.89. The predicted molar refractivity (Wildman–Crippen MR) is 84.1 cm³/mol. The molecule has 0 aromatic carbocycles. The first-order valence-electron chi connectivity index (χ1n) is 7.86. The van der Waals surface area contributed by atoms with Crippen LogP contribution in [0.1, 0.15) is 5.69 Å². The molecule has 1 atom stereocenters. The molecule has 0 bridgehead atoms. The second-order valence-corrected chi connectivity index (χ2v) is 5.66. The molecule has 8 nitrogen and oxygen atoms in total. The monoisotopic (exact) mass is 376 g/mol. The minimum atomic E-state index is -4.59. The summed E-state index contributed by atoms with van der Waals surface area (Å²) in [5, 5.41) is 14.3. The average molecular weight is 376 g/mol. The number of carbonyl (C=O) groups excluding carboxylic acids is 2. The first kappa shape index (κ1) is 20.1. The maximum atomic E-state index is 12.4. The normalized spacial score (nSPS) is 16.8. The summed E-state index contributed by atoms with van der Waals surface area (Å²) >= 11 is 0. The lowest BCUT2D eigenvalue weighted by Gasteiger charge is -2.28. The smallest absolute Gasteiger partial charge is 0.390 e. The van der Waals surface area contributed by atoms with E-state index in [4.69, 9.17) is 4.74 Å². The maximum absolute atomic E-state index is 12.4. The Morgan fingerprint density at radius 3 is 2.54 bits per heavy atom. The van der Waals surface area contributed by atoms with Crippen LogP contribution in [-0.2, 0) is 20.5 Å². The van der Waals surface area contributed by atoms with Crippen LogP contribution in [-0.4, -0.2) is 72.3 Å². The zero-order valence-corrected chi connectivity index (χ0v) is 13.8. The molecule has 3 N–H and O–H groups in total. The number of hydrogen-bond donors (Lipinski definition) is 3. The maximum Gasteiger partial charge on any atom is 0.433 e. The van der Waals surface area contributed by atoms with E-state index in [9.17, 15) is 27.9 Å². The van der Waals surface area contributed by atoms with Gasteiger partial charge >= 0.3 is 18.0 Å². The van der Waals surface area contributed by atoms with Gasteiger partial charge in [0.25, 0.3) is 0 Å². The van der Waals surface area contributed by atoms with Gasteiger partial charge in [-0.15, -0.1) is 0 Å². The molecular weight excluding hydrogens is 357 g/mol. The standard InChI is InChI=1S/C15H19F3N4O4/c16-15(17,18)12-2-1-10(7-19-12)21-14(25)13(24)20-8-11(23)9-22-3-5-26-6-4-22/h1-2,7,11,23H,3-6,8-9H2,(H,20,24)(H,21,25)/t11-/m0/s1. The number of aromatic nitrogens is 1. The van der Waals surface area contributed by atoms with Crippen LogP contribution in [0.4, 0.5) is 18.9 Å². The van der Waals surface area contributed by atoms with E-state index in [1.54, 1.807) is 0 Å². The Balaban J connectivity index is 1.75. The molecule has 2 rings (SSSR count). The summed E-state index contributed by atoms with van der Waals surface area (Å²) in [4.78, 5) is 28.6. The van der Waals surface area contributed by atoms with Crippen LogP contribution in [0.2, 0.25) is 0 Å². The van der Waals surface area contributed by atoms with Gasteiger partial charge in [-0.2, -0.15) is 13.2 Å². The highest BCUT2D eigenvalue weighted by molar-refractivity contribution is 6.39. The van der Waals surface area contributed by atoms with Gasteiger partial charge in [-0.1, -0.05) is 0 Å². The van der Waals surface area contributed by atoms with Crippen molar-refractivity contribution in [2.24, 2.45) is 0 Å². The van der Waals surface area contributed by atoms with Gasteiger partial charge in [0, 0.05) is 26.2 Å². The molecule has 2 heterocycles. The molecule has 0 saturated carbocycles. The molecule has 1 aromatic rings. The van der Waals surface area contributed by atoms with E-state index >= 15 is 0 Å². The zero-order chi connectivity index (χ0) is 19.2. The lowest BCUT2D eigenvalue weighted by Crippen LogP contribution is -2.46. The number of amides is 2. The fraction of sp³-hybridized carbons (Fsp3) is 0.533. The van der Waals surface area contributed by atoms with E-state index in [-0.39, 0.29) is 12.2 Å². The molecular formula is C15H19F3N4O4. The summed E-state index contributed by atoms with van der Waals surface area (Å²) in [6.45, 7) is 2.69. The lowest BCUT2D eigenvalue weighted by molar-refractivity contribution is -0.141. The van der Waals surface area contributed by atoms with Crippen LogP contribution in [0.3, 0.4) is 0 Å². The van der Waals surface area contributed by atoms with Gasteiger partial charge in [0.15, 0.2) is 0 Å². The second-order valence-electron chi connectivity index (χ2n) is 5.66. The van der Waals surface area contributed by atoms with E-state index < -0.39 is 29.8 Å². The number of nitrogens with one attached hydrogen (secondary N) is 2. The summed E-state index contributed by atoms with van der Waals surface area (Å²) < 4.78 is 42.4. The molecule has 1 aliphatic heterocycles. The van der Waals surface area contributed by atoms with Crippen molar-refractivity contribution in [3.63, 3.8) is 0 Å². The van der Waals surface area contributed by atoms with E-state index in [1.165, 1.54) is 0 Å². The van der Waals surface area contributed by atoms with Crippen molar-refractivity contribution in [3.05, 3.63) is 24.0 Å². The third kappa shape index (κ3) is 6.24. The summed E-state index contributed by atoms with van der Waals surface area (Å²) in [6.07, 6.45) is -4.64. The van der Waals surface area contributed by atoms with Crippen LogP contribution in [0.5, 0.6) is 0 Å². The fourth-order valence-electron chi connectivity index (χ4n) is 2.26. The predicted octanol–water partition coefficient (Wildman–Crippen LogP) is -0.152. The summed E-state index contributed by atoms with van der Waals surface area (Å²) in [6, 6.07) is 1.69. The average Bonchev–Trinajstić information content (AvgIpc) is 2.60. The lowest BCUT2D eigenvalue weighted by atomic mass is 10.3. The topological polar surface area (TPSA) is 104 Å². The Bertz CT molecular complexity index is 618. The first-order valence-corrected chi connectivity index (χ1v) is 7.86. The number of rotatable bonds is 5. The number of halogens is 3. The van der Waals surface area contributed by atoms with E-state index in [1.807, 2.05) is 4.90 Å². The zero-order valence-electron chi connectivity index (χ0n) is 13.8. The van der Waals surface area contributed by atoms with Crippen LogP contribution >= 0.6 is 0 Å². The van der Waals surface area contributed by atoms with Gasteiger partial charge in [-0.3, -0.25) is 14.5 Å². The molecule has 1 aromatic heterocycles. The number of hydrogen-bond acceptors (Lipinski definition) is 6. The van der Waals surface area contributed by atoms with Crippen molar-refractivity contribution in [3.8, 4) is 0 Å². The molecule has 0 aliphatic carbocycles. The minimum Gasteiger partial charge on any atom is -0.390 e. The Morgan fingerprint density at radius 1 is 1.27 bits per heavy atom. The molecule has 0 radical (unpaired) electrons. The van der Waals surface area contributed by atoms with E-state index in [0.29, 0.717) is 38.9 Å². The number of carbonyl (C=O) groups is 2. The van der Waals surface area contributed by atoms with Crippen molar-refractivity contribution in [1.29, 1.82) is 0 Å². The van der Waals surface area contributed by atoms with Gasteiger partial charge in [-0.25, -0.2) is 4.98 Å².